The average molecular weight is 300 g/mol. The van der Waals surface area contributed by atoms with Crippen LogP contribution in [0.2, 0.25) is 0 Å². The molecular weight excluding hydrogens is 280 g/mol. The van der Waals surface area contributed by atoms with Gasteiger partial charge in [-0.15, -0.1) is 11.3 Å². The summed E-state index contributed by atoms with van der Waals surface area (Å²) in [7, 11) is 0. The Bertz CT molecular complexity index is 600. The first-order valence-corrected chi connectivity index (χ1v) is 8.25. The van der Waals surface area contributed by atoms with Crippen molar-refractivity contribution in [3.8, 4) is 10.6 Å². The lowest BCUT2D eigenvalue weighted by atomic mass is 10.1. The molecule has 1 aromatic carbocycles. The van der Waals surface area contributed by atoms with Gasteiger partial charge in [0.1, 0.15) is 5.01 Å². The van der Waals surface area contributed by atoms with Crippen molar-refractivity contribution in [2.24, 2.45) is 10.7 Å². The van der Waals surface area contributed by atoms with Gasteiger partial charge in [0.25, 0.3) is 0 Å². The van der Waals surface area contributed by atoms with Crippen LogP contribution in [-0.4, -0.2) is 28.9 Å². The van der Waals surface area contributed by atoms with E-state index in [0.717, 1.165) is 29.4 Å². The van der Waals surface area contributed by atoms with E-state index in [0.29, 0.717) is 12.5 Å². The number of hydrogen-bond acceptors (Lipinski definition) is 3. The molecule has 0 bridgehead atoms. The zero-order chi connectivity index (χ0) is 14.5. The van der Waals surface area contributed by atoms with Gasteiger partial charge < -0.3 is 10.6 Å². The van der Waals surface area contributed by atoms with E-state index in [1.807, 2.05) is 18.2 Å². The summed E-state index contributed by atoms with van der Waals surface area (Å²) in [5.41, 5.74) is 8.21. The fraction of sp³-hybridized carbons (Fsp3) is 0.375. The van der Waals surface area contributed by atoms with Crippen molar-refractivity contribution in [2.45, 2.75) is 25.8 Å². The lowest BCUT2D eigenvalue weighted by molar-refractivity contribution is 0.338. The van der Waals surface area contributed by atoms with Gasteiger partial charge in [0.15, 0.2) is 5.96 Å². The zero-order valence-electron chi connectivity index (χ0n) is 12.0. The standard InChI is InChI=1S/C16H20N4S/c17-16(20-9-5-2-6-10-20)18-11-14-12-21-15(19-14)13-7-3-1-4-8-13/h1,3-4,7-8,12H,2,5-6,9-11H2,(H2,17,18). The van der Waals surface area contributed by atoms with E-state index < -0.39 is 0 Å². The van der Waals surface area contributed by atoms with Gasteiger partial charge in [-0.25, -0.2) is 9.98 Å². The highest BCUT2D eigenvalue weighted by atomic mass is 32.1. The first kappa shape index (κ1) is 14.1. The minimum atomic E-state index is 0.561. The van der Waals surface area contributed by atoms with Gasteiger partial charge in [0, 0.05) is 24.0 Å². The summed E-state index contributed by atoms with van der Waals surface area (Å²) in [4.78, 5) is 11.3. The maximum atomic E-state index is 6.07. The maximum Gasteiger partial charge on any atom is 0.191 e. The Kier molecular flexibility index (Phi) is 4.50. The van der Waals surface area contributed by atoms with Gasteiger partial charge in [-0.05, 0) is 19.3 Å². The molecule has 0 radical (unpaired) electrons. The average Bonchev–Trinajstić information content (AvgIpc) is 3.03. The number of nitrogens with two attached hydrogens (primary N) is 1. The summed E-state index contributed by atoms with van der Waals surface area (Å²) >= 11 is 1.66. The van der Waals surface area contributed by atoms with Crippen LogP contribution < -0.4 is 5.73 Å². The number of aliphatic imine (C=N–C) groups is 1. The molecule has 1 aliphatic heterocycles. The lowest BCUT2D eigenvalue weighted by Gasteiger charge is -2.27. The van der Waals surface area contributed by atoms with Crippen molar-refractivity contribution >= 4 is 17.3 Å². The van der Waals surface area contributed by atoms with E-state index in [1.165, 1.54) is 19.3 Å². The van der Waals surface area contributed by atoms with Crippen LogP contribution in [0.5, 0.6) is 0 Å². The van der Waals surface area contributed by atoms with Gasteiger partial charge in [0.2, 0.25) is 0 Å². The van der Waals surface area contributed by atoms with E-state index in [4.69, 9.17) is 5.73 Å². The van der Waals surface area contributed by atoms with Gasteiger partial charge in [-0.1, -0.05) is 30.3 Å². The van der Waals surface area contributed by atoms with Crippen molar-refractivity contribution in [1.82, 2.24) is 9.88 Å². The molecular formula is C16H20N4S. The second-order valence-electron chi connectivity index (χ2n) is 5.23. The highest BCUT2D eigenvalue weighted by Gasteiger charge is 2.12. The van der Waals surface area contributed by atoms with Crippen LogP contribution in [0.15, 0.2) is 40.7 Å². The van der Waals surface area contributed by atoms with Crippen LogP contribution in [0.1, 0.15) is 25.0 Å². The molecule has 3 rings (SSSR count). The summed E-state index contributed by atoms with van der Waals surface area (Å²) in [6.45, 7) is 2.62. The van der Waals surface area contributed by atoms with E-state index >= 15 is 0 Å². The van der Waals surface area contributed by atoms with Gasteiger partial charge in [0.05, 0.1) is 12.2 Å². The zero-order valence-corrected chi connectivity index (χ0v) is 12.9. The van der Waals surface area contributed by atoms with E-state index in [-0.39, 0.29) is 0 Å². The number of thiazole rings is 1. The number of likely N-dealkylation sites (tertiary alicyclic amines) is 1. The molecule has 1 saturated heterocycles. The quantitative estimate of drug-likeness (QED) is 0.700. The smallest absolute Gasteiger partial charge is 0.191 e. The SMILES string of the molecule is NC(=NCc1csc(-c2ccccc2)n1)N1CCCCC1. The summed E-state index contributed by atoms with van der Waals surface area (Å²) in [5.74, 6) is 0.656. The van der Waals surface area contributed by atoms with Crippen LogP contribution >= 0.6 is 11.3 Å². The molecule has 0 unspecified atom stereocenters. The van der Waals surface area contributed by atoms with Crippen LogP contribution in [0.25, 0.3) is 10.6 Å². The largest absolute Gasteiger partial charge is 0.370 e. The van der Waals surface area contributed by atoms with Crippen molar-refractivity contribution < 1.29 is 0 Å². The number of hydrogen-bond donors (Lipinski definition) is 1. The third-order valence-electron chi connectivity index (χ3n) is 3.66. The van der Waals surface area contributed by atoms with Crippen LogP contribution in [0.4, 0.5) is 0 Å². The molecule has 1 aliphatic rings. The summed E-state index contributed by atoms with van der Waals surface area (Å²) in [6, 6.07) is 10.2. The predicted molar refractivity (Wildman–Crippen MR) is 88.3 cm³/mol. The molecule has 1 aromatic heterocycles. The number of piperidine rings is 1. The van der Waals surface area contributed by atoms with Crippen molar-refractivity contribution in [3.05, 3.63) is 41.4 Å². The number of aromatic nitrogens is 1. The third-order valence-corrected chi connectivity index (χ3v) is 4.60. The monoisotopic (exact) mass is 300 g/mol. The number of guanidine groups is 1. The summed E-state index contributed by atoms with van der Waals surface area (Å²) < 4.78 is 0. The maximum absolute atomic E-state index is 6.07. The first-order chi connectivity index (χ1) is 10.3. The fourth-order valence-electron chi connectivity index (χ4n) is 2.48. The van der Waals surface area contributed by atoms with Gasteiger partial charge in [-0.3, -0.25) is 0 Å². The van der Waals surface area contributed by atoms with E-state index in [2.05, 4.69) is 32.4 Å². The normalized spacial score (nSPS) is 16.2. The molecule has 0 atom stereocenters. The molecule has 5 heteroatoms. The highest BCUT2D eigenvalue weighted by Crippen LogP contribution is 2.23. The van der Waals surface area contributed by atoms with Crippen molar-refractivity contribution in [1.29, 1.82) is 0 Å². The molecule has 0 saturated carbocycles. The summed E-state index contributed by atoms with van der Waals surface area (Å²) in [5, 5.41) is 3.10. The van der Waals surface area contributed by atoms with Gasteiger partial charge >= 0.3 is 0 Å². The third kappa shape index (κ3) is 3.61. The molecule has 2 heterocycles. The topological polar surface area (TPSA) is 54.5 Å². The Labute approximate surface area is 129 Å². The molecule has 2 aromatic rings. The molecule has 0 spiro atoms. The number of nitrogens with zero attached hydrogens (tertiary/aromatic N) is 3. The van der Waals surface area contributed by atoms with E-state index in [1.54, 1.807) is 11.3 Å². The van der Waals surface area contributed by atoms with Crippen LogP contribution in [0.3, 0.4) is 0 Å². The number of benzene rings is 1. The Morgan fingerprint density at radius 2 is 1.95 bits per heavy atom. The molecule has 0 aliphatic carbocycles. The van der Waals surface area contributed by atoms with Crippen molar-refractivity contribution in [3.63, 3.8) is 0 Å². The van der Waals surface area contributed by atoms with Crippen molar-refractivity contribution in [2.75, 3.05) is 13.1 Å². The molecule has 4 nitrogen and oxygen atoms in total. The van der Waals surface area contributed by atoms with E-state index in [9.17, 15) is 0 Å². The second kappa shape index (κ2) is 6.72. The molecule has 1 fully saturated rings. The van der Waals surface area contributed by atoms with Crippen LogP contribution in [-0.2, 0) is 6.54 Å². The Balaban J connectivity index is 1.64. The summed E-state index contributed by atoms with van der Waals surface area (Å²) in [6.07, 6.45) is 3.73. The highest BCUT2D eigenvalue weighted by molar-refractivity contribution is 7.13. The number of rotatable bonds is 3. The minimum Gasteiger partial charge on any atom is -0.370 e. The Morgan fingerprint density at radius 1 is 1.19 bits per heavy atom. The Morgan fingerprint density at radius 3 is 2.71 bits per heavy atom. The van der Waals surface area contributed by atoms with Gasteiger partial charge in [-0.2, -0.15) is 0 Å². The second-order valence-corrected chi connectivity index (χ2v) is 6.09. The lowest BCUT2D eigenvalue weighted by Crippen LogP contribution is -2.40. The Hall–Kier alpha value is -1.88. The fourth-order valence-corrected chi connectivity index (χ4v) is 3.29. The molecule has 0 amide bonds. The minimum absolute atomic E-state index is 0.561. The first-order valence-electron chi connectivity index (χ1n) is 7.37. The molecule has 110 valence electrons. The molecule has 2 N–H and O–H groups in total. The van der Waals surface area contributed by atoms with Crippen LogP contribution in [0, 0.1) is 0 Å². The predicted octanol–water partition coefficient (Wildman–Crippen LogP) is 3.11. The molecule has 21 heavy (non-hydrogen) atoms.